The molecule has 0 saturated carbocycles. The van der Waals surface area contributed by atoms with Crippen LogP contribution in [0.2, 0.25) is 0 Å². The highest BCUT2D eigenvalue weighted by molar-refractivity contribution is 5.94. The molecule has 2 rings (SSSR count). The first-order chi connectivity index (χ1) is 10.0. The van der Waals surface area contributed by atoms with Crippen molar-refractivity contribution in [2.45, 2.75) is 26.7 Å². The number of amides is 2. The zero-order valence-electron chi connectivity index (χ0n) is 12.8. The van der Waals surface area contributed by atoms with Gasteiger partial charge in [0.25, 0.3) is 0 Å². The van der Waals surface area contributed by atoms with E-state index in [1.807, 2.05) is 32.0 Å². The number of aryl methyl sites for hydroxylation is 2. The molecule has 1 fully saturated rings. The molecule has 0 aromatic heterocycles. The molecule has 0 unspecified atom stereocenters. The van der Waals surface area contributed by atoms with E-state index < -0.39 is 0 Å². The van der Waals surface area contributed by atoms with Gasteiger partial charge in [-0.1, -0.05) is 18.2 Å². The van der Waals surface area contributed by atoms with Crippen molar-refractivity contribution < 1.29 is 14.3 Å². The Bertz CT molecular complexity index is 514. The van der Waals surface area contributed by atoms with Gasteiger partial charge in [-0.15, -0.1) is 0 Å². The minimum Gasteiger partial charge on any atom is -0.453 e. The third-order valence-electron chi connectivity index (χ3n) is 4.03. The topological polar surface area (TPSA) is 58.6 Å². The van der Waals surface area contributed by atoms with Crippen molar-refractivity contribution in [3.05, 3.63) is 29.3 Å². The summed E-state index contributed by atoms with van der Waals surface area (Å²) in [4.78, 5) is 25.4. The average Bonchev–Trinajstić information content (AvgIpc) is 2.50. The maximum Gasteiger partial charge on any atom is 0.409 e. The Morgan fingerprint density at radius 3 is 2.29 bits per heavy atom. The Hall–Kier alpha value is -2.04. The summed E-state index contributed by atoms with van der Waals surface area (Å²) in [5, 5.41) is 3.03. The Morgan fingerprint density at radius 1 is 1.19 bits per heavy atom. The molecule has 2 amide bonds. The number of rotatable bonds is 2. The van der Waals surface area contributed by atoms with Gasteiger partial charge in [0.1, 0.15) is 0 Å². The molecule has 1 aromatic carbocycles. The second-order valence-corrected chi connectivity index (χ2v) is 5.49. The van der Waals surface area contributed by atoms with Crippen LogP contribution in [0.1, 0.15) is 24.0 Å². The molecule has 5 heteroatoms. The molecule has 0 radical (unpaired) electrons. The first-order valence-electron chi connectivity index (χ1n) is 7.23. The Morgan fingerprint density at radius 2 is 1.76 bits per heavy atom. The van der Waals surface area contributed by atoms with Gasteiger partial charge in [0.2, 0.25) is 5.91 Å². The number of piperidine rings is 1. The lowest BCUT2D eigenvalue weighted by atomic mass is 9.95. The second kappa shape index (κ2) is 6.61. The molecule has 0 atom stereocenters. The number of benzene rings is 1. The van der Waals surface area contributed by atoms with Crippen molar-refractivity contribution in [3.63, 3.8) is 0 Å². The van der Waals surface area contributed by atoms with Gasteiger partial charge in [-0.2, -0.15) is 0 Å². The van der Waals surface area contributed by atoms with Gasteiger partial charge in [0.15, 0.2) is 0 Å². The highest BCUT2D eigenvalue weighted by Crippen LogP contribution is 2.23. The normalized spacial score (nSPS) is 15.7. The number of carbonyl (C=O) groups is 2. The fraction of sp³-hybridized carbons (Fsp3) is 0.500. The van der Waals surface area contributed by atoms with Crippen LogP contribution in [-0.4, -0.2) is 37.1 Å². The number of anilines is 1. The van der Waals surface area contributed by atoms with E-state index in [1.54, 1.807) is 4.90 Å². The van der Waals surface area contributed by atoms with Crippen molar-refractivity contribution in [3.8, 4) is 0 Å². The molecular weight excluding hydrogens is 268 g/mol. The Labute approximate surface area is 125 Å². The van der Waals surface area contributed by atoms with Crippen LogP contribution < -0.4 is 5.32 Å². The molecule has 0 bridgehead atoms. The minimum absolute atomic E-state index is 0.0388. The molecule has 0 aliphatic carbocycles. The highest BCUT2D eigenvalue weighted by atomic mass is 16.5. The highest BCUT2D eigenvalue weighted by Gasteiger charge is 2.28. The van der Waals surface area contributed by atoms with Crippen LogP contribution in [0.5, 0.6) is 0 Å². The summed E-state index contributed by atoms with van der Waals surface area (Å²) in [6.45, 7) is 5.11. The second-order valence-electron chi connectivity index (χ2n) is 5.49. The standard InChI is InChI=1S/C16H22N2O3/c1-11-5-4-6-12(2)14(11)17-15(19)13-7-9-18(10-8-13)16(20)21-3/h4-6,13H,7-10H2,1-3H3,(H,17,19). The molecule has 114 valence electrons. The van der Waals surface area contributed by atoms with E-state index in [2.05, 4.69) is 5.32 Å². The van der Waals surface area contributed by atoms with Crippen LogP contribution in [-0.2, 0) is 9.53 Å². The van der Waals surface area contributed by atoms with Gasteiger partial charge in [-0.3, -0.25) is 4.79 Å². The molecule has 1 aliphatic heterocycles. The Balaban J connectivity index is 1.95. The largest absolute Gasteiger partial charge is 0.453 e. The fourth-order valence-electron chi connectivity index (χ4n) is 2.69. The van der Waals surface area contributed by atoms with Gasteiger partial charge < -0.3 is 15.0 Å². The summed E-state index contributed by atoms with van der Waals surface area (Å²) < 4.78 is 4.70. The molecule has 1 saturated heterocycles. The molecule has 5 nitrogen and oxygen atoms in total. The van der Waals surface area contributed by atoms with Crippen molar-refractivity contribution in [1.82, 2.24) is 4.90 Å². The smallest absolute Gasteiger partial charge is 0.409 e. The minimum atomic E-state index is -0.316. The Kier molecular flexibility index (Phi) is 4.83. The molecule has 1 aliphatic rings. The summed E-state index contributed by atoms with van der Waals surface area (Å²) in [6.07, 6.45) is 1.03. The number of ether oxygens (including phenoxy) is 1. The molecule has 1 aromatic rings. The maximum absolute atomic E-state index is 12.4. The van der Waals surface area contributed by atoms with E-state index in [9.17, 15) is 9.59 Å². The monoisotopic (exact) mass is 290 g/mol. The van der Waals surface area contributed by atoms with Gasteiger partial charge in [0.05, 0.1) is 7.11 Å². The quantitative estimate of drug-likeness (QED) is 0.911. The van der Waals surface area contributed by atoms with Crippen molar-refractivity contribution in [1.29, 1.82) is 0 Å². The van der Waals surface area contributed by atoms with E-state index >= 15 is 0 Å². The number of carbonyl (C=O) groups excluding carboxylic acids is 2. The lowest BCUT2D eigenvalue weighted by Crippen LogP contribution is -2.41. The first-order valence-corrected chi connectivity index (χ1v) is 7.23. The van der Waals surface area contributed by atoms with Crippen LogP contribution in [0, 0.1) is 19.8 Å². The van der Waals surface area contributed by atoms with Gasteiger partial charge in [-0.25, -0.2) is 4.79 Å². The van der Waals surface area contributed by atoms with E-state index in [4.69, 9.17) is 4.74 Å². The third-order valence-corrected chi connectivity index (χ3v) is 4.03. The maximum atomic E-state index is 12.4. The summed E-state index contributed by atoms with van der Waals surface area (Å²) >= 11 is 0. The average molecular weight is 290 g/mol. The molecule has 21 heavy (non-hydrogen) atoms. The van der Waals surface area contributed by atoms with Gasteiger partial charge in [-0.05, 0) is 37.8 Å². The molecule has 1 N–H and O–H groups in total. The lowest BCUT2D eigenvalue weighted by Gasteiger charge is -2.30. The van der Waals surface area contributed by atoms with E-state index in [0.29, 0.717) is 25.9 Å². The van der Waals surface area contributed by atoms with Crippen LogP contribution >= 0.6 is 0 Å². The molecular formula is C16H22N2O3. The number of nitrogens with one attached hydrogen (secondary N) is 1. The number of methoxy groups -OCH3 is 1. The van der Waals surface area contributed by atoms with E-state index in [0.717, 1.165) is 16.8 Å². The van der Waals surface area contributed by atoms with Gasteiger partial charge in [0, 0.05) is 24.7 Å². The molecule has 1 heterocycles. The van der Waals surface area contributed by atoms with Crippen LogP contribution in [0.4, 0.5) is 10.5 Å². The summed E-state index contributed by atoms with van der Waals surface area (Å²) in [5.41, 5.74) is 3.03. The fourth-order valence-corrected chi connectivity index (χ4v) is 2.69. The van der Waals surface area contributed by atoms with Crippen molar-refractivity contribution in [2.24, 2.45) is 5.92 Å². The van der Waals surface area contributed by atoms with Crippen LogP contribution in [0.25, 0.3) is 0 Å². The lowest BCUT2D eigenvalue weighted by molar-refractivity contribution is -0.121. The summed E-state index contributed by atoms with van der Waals surface area (Å²) in [7, 11) is 1.38. The van der Waals surface area contributed by atoms with Crippen LogP contribution in [0.15, 0.2) is 18.2 Å². The number of hydrogen-bond acceptors (Lipinski definition) is 3. The molecule has 0 spiro atoms. The van der Waals surface area contributed by atoms with Gasteiger partial charge >= 0.3 is 6.09 Å². The number of likely N-dealkylation sites (tertiary alicyclic amines) is 1. The van der Waals surface area contributed by atoms with E-state index in [-0.39, 0.29) is 17.9 Å². The number of nitrogens with zero attached hydrogens (tertiary/aromatic N) is 1. The summed E-state index contributed by atoms with van der Waals surface area (Å²) in [5.74, 6) is -0.0122. The number of para-hydroxylation sites is 1. The predicted octanol–water partition coefficient (Wildman–Crippen LogP) is 2.72. The van der Waals surface area contributed by atoms with E-state index in [1.165, 1.54) is 7.11 Å². The first kappa shape index (κ1) is 15.4. The van der Waals surface area contributed by atoms with Crippen molar-refractivity contribution >= 4 is 17.7 Å². The third kappa shape index (κ3) is 3.54. The van der Waals surface area contributed by atoms with Crippen molar-refractivity contribution in [2.75, 3.05) is 25.5 Å². The summed E-state index contributed by atoms with van der Waals surface area (Å²) in [6, 6.07) is 5.96. The predicted molar refractivity (Wildman–Crippen MR) is 81.2 cm³/mol. The SMILES string of the molecule is COC(=O)N1CCC(C(=O)Nc2c(C)cccc2C)CC1. The zero-order valence-corrected chi connectivity index (χ0v) is 12.8. The van der Waals surface area contributed by atoms with Crippen LogP contribution in [0.3, 0.4) is 0 Å². The zero-order chi connectivity index (χ0) is 15.4. The number of hydrogen-bond donors (Lipinski definition) is 1.